The Kier molecular flexibility index (Phi) is 5.62. The molecule has 2 aromatic carbocycles. The van der Waals surface area contributed by atoms with E-state index in [0.29, 0.717) is 12.1 Å². The van der Waals surface area contributed by atoms with Crippen molar-refractivity contribution in [3.8, 4) is 5.75 Å². The molecule has 2 aromatic rings. The fourth-order valence-electron chi connectivity index (χ4n) is 2.07. The van der Waals surface area contributed by atoms with Gasteiger partial charge in [-0.25, -0.2) is 5.43 Å². The number of methoxy groups -OCH3 is 1. The van der Waals surface area contributed by atoms with E-state index in [4.69, 9.17) is 4.74 Å². The second kappa shape index (κ2) is 7.87. The maximum Gasteiger partial charge on any atom is 0.271 e. The lowest BCUT2D eigenvalue weighted by Gasteiger charge is -2.06. The van der Waals surface area contributed by atoms with Crippen molar-refractivity contribution in [1.82, 2.24) is 5.43 Å². The van der Waals surface area contributed by atoms with Crippen LogP contribution in [0.15, 0.2) is 53.6 Å². The summed E-state index contributed by atoms with van der Waals surface area (Å²) in [6.45, 7) is 1.92. The Morgan fingerprint density at radius 2 is 1.92 bits per heavy atom. The van der Waals surface area contributed by atoms with Gasteiger partial charge in [-0.1, -0.05) is 13.0 Å². The van der Waals surface area contributed by atoms with E-state index in [1.54, 1.807) is 7.11 Å². The Morgan fingerprint density at radius 1 is 1.21 bits per heavy atom. The van der Waals surface area contributed by atoms with Crippen LogP contribution in [0.5, 0.6) is 5.75 Å². The average Bonchev–Trinajstić information content (AvgIpc) is 2.62. The summed E-state index contributed by atoms with van der Waals surface area (Å²) >= 11 is 0. The lowest BCUT2D eigenvalue weighted by Crippen LogP contribution is -2.20. The largest absolute Gasteiger partial charge is 0.497 e. The average molecular weight is 327 g/mol. The third-order valence-corrected chi connectivity index (χ3v) is 3.37. The van der Waals surface area contributed by atoms with Crippen molar-refractivity contribution >= 4 is 17.3 Å². The molecule has 0 aliphatic heterocycles. The monoisotopic (exact) mass is 327 g/mol. The molecule has 7 heteroatoms. The van der Waals surface area contributed by atoms with Crippen molar-refractivity contribution in [3.63, 3.8) is 0 Å². The number of benzene rings is 2. The molecule has 0 radical (unpaired) electrons. The highest BCUT2D eigenvalue weighted by atomic mass is 16.6. The van der Waals surface area contributed by atoms with Crippen molar-refractivity contribution in [2.75, 3.05) is 7.11 Å². The van der Waals surface area contributed by atoms with Gasteiger partial charge in [0.25, 0.3) is 11.6 Å². The molecule has 1 N–H and O–H groups in total. The van der Waals surface area contributed by atoms with Crippen LogP contribution in [0, 0.1) is 10.1 Å². The van der Waals surface area contributed by atoms with Crippen LogP contribution in [-0.4, -0.2) is 23.7 Å². The highest BCUT2D eigenvalue weighted by Crippen LogP contribution is 2.14. The zero-order chi connectivity index (χ0) is 17.5. The van der Waals surface area contributed by atoms with Gasteiger partial charge in [-0.3, -0.25) is 14.9 Å². The van der Waals surface area contributed by atoms with Crippen LogP contribution < -0.4 is 10.2 Å². The maximum absolute atomic E-state index is 12.1. The van der Waals surface area contributed by atoms with Crippen LogP contribution in [0.25, 0.3) is 0 Å². The fourth-order valence-corrected chi connectivity index (χ4v) is 2.07. The van der Waals surface area contributed by atoms with E-state index in [2.05, 4.69) is 10.5 Å². The first-order chi connectivity index (χ1) is 11.5. The first-order valence-corrected chi connectivity index (χ1v) is 7.31. The van der Waals surface area contributed by atoms with E-state index < -0.39 is 10.8 Å². The molecule has 0 spiro atoms. The molecule has 0 aliphatic carbocycles. The summed E-state index contributed by atoms with van der Waals surface area (Å²) in [5, 5.41) is 14.9. The number of hydrogen-bond donors (Lipinski definition) is 1. The Hall–Kier alpha value is -3.22. The van der Waals surface area contributed by atoms with E-state index in [0.717, 1.165) is 11.3 Å². The lowest BCUT2D eigenvalue weighted by molar-refractivity contribution is -0.384. The lowest BCUT2D eigenvalue weighted by atomic mass is 10.1. The Labute approximate surface area is 139 Å². The number of non-ortho nitro benzene ring substituents is 1. The van der Waals surface area contributed by atoms with Crippen molar-refractivity contribution < 1.29 is 14.5 Å². The van der Waals surface area contributed by atoms with E-state index in [1.807, 2.05) is 31.2 Å². The second-order valence-electron chi connectivity index (χ2n) is 4.89. The van der Waals surface area contributed by atoms with E-state index >= 15 is 0 Å². The van der Waals surface area contributed by atoms with Crippen molar-refractivity contribution in [2.24, 2.45) is 5.10 Å². The van der Waals surface area contributed by atoms with Gasteiger partial charge in [0.05, 0.1) is 17.7 Å². The van der Waals surface area contributed by atoms with Crippen LogP contribution in [0.3, 0.4) is 0 Å². The molecule has 0 fully saturated rings. The van der Waals surface area contributed by atoms with E-state index in [-0.39, 0.29) is 11.3 Å². The van der Waals surface area contributed by atoms with Crippen LogP contribution in [0.1, 0.15) is 29.3 Å². The predicted octanol–water partition coefficient (Wildman–Crippen LogP) is 3.15. The molecule has 0 heterocycles. The standard InChI is InChI=1S/C17H17N3O4/c1-3-16(12-7-9-15(24-2)10-8-12)18-19-17(21)13-5-4-6-14(11-13)20(22)23/h4-11H,3H2,1-2H3,(H,19,21). The SMILES string of the molecule is CCC(=NNC(=O)c1cccc([N+](=O)[O-])c1)c1ccc(OC)cc1. The number of ether oxygens (including phenoxy) is 1. The summed E-state index contributed by atoms with van der Waals surface area (Å²) in [5.74, 6) is 0.230. The van der Waals surface area contributed by atoms with Crippen LogP contribution in [-0.2, 0) is 0 Å². The molecule has 0 saturated heterocycles. The number of nitro benzene ring substituents is 1. The van der Waals surface area contributed by atoms with Gasteiger partial charge in [-0.2, -0.15) is 5.10 Å². The Bertz CT molecular complexity index is 770. The van der Waals surface area contributed by atoms with Crippen LogP contribution in [0.2, 0.25) is 0 Å². The zero-order valence-corrected chi connectivity index (χ0v) is 13.4. The molecule has 24 heavy (non-hydrogen) atoms. The minimum atomic E-state index is -0.547. The summed E-state index contributed by atoms with van der Waals surface area (Å²) < 4.78 is 5.10. The van der Waals surface area contributed by atoms with Gasteiger partial charge in [0.1, 0.15) is 5.75 Å². The van der Waals surface area contributed by atoms with Crippen molar-refractivity contribution in [1.29, 1.82) is 0 Å². The molecule has 1 amide bonds. The summed E-state index contributed by atoms with van der Waals surface area (Å²) in [6, 6.07) is 12.8. The summed E-state index contributed by atoms with van der Waals surface area (Å²) in [7, 11) is 1.59. The third kappa shape index (κ3) is 4.16. The first kappa shape index (κ1) is 17.1. The Balaban J connectivity index is 2.15. The first-order valence-electron chi connectivity index (χ1n) is 7.31. The summed E-state index contributed by atoms with van der Waals surface area (Å²) in [4.78, 5) is 22.3. The number of carbonyl (C=O) groups excluding carboxylic acids is 1. The number of hydrazone groups is 1. The minimum absolute atomic E-state index is 0.141. The van der Waals surface area contributed by atoms with Crippen molar-refractivity contribution in [3.05, 3.63) is 69.8 Å². The fraction of sp³-hybridized carbons (Fsp3) is 0.176. The van der Waals surface area contributed by atoms with Gasteiger partial charge in [0.2, 0.25) is 0 Å². The molecule has 7 nitrogen and oxygen atoms in total. The molecule has 124 valence electrons. The quantitative estimate of drug-likeness (QED) is 0.501. The molecule has 0 bridgehead atoms. The van der Waals surface area contributed by atoms with Crippen LogP contribution >= 0.6 is 0 Å². The number of nitrogens with one attached hydrogen (secondary N) is 1. The molecule has 2 rings (SSSR count). The number of nitro groups is 1. The summed E-state index contributed by atoms with van der Waals surface area (Å²) in [6.07, 6.45) is 0.613. The van der Waals surface area contributed by atoms with Gasteiger partial charge in [0, 0.05) is 17.7 Å². The van der Waals surface area contributed by atoms with Gasteiger partial charge in [-0.15, -0.1) is 0 Å². The second-order valence-corrected chi connectivity index (χ2v) is 4.89. The van der Waals surface area contributed by atoms with Gasteiger partial charge >= 0.3 is 0 Å². The molecule has 0 unspecified atom stereocenters. The van der Waals surface area contributed by atoms with Crippen molar-refractivity contribution in [2.45, 2.75) is 13.3 Å². The Morgan fingerprint density at radius 3 is 2.50 bits per heavy atom. The molecular weight excluding hydrogens is 310 g/mol. The molecule has 0 aliphatic rings. The van der Waals surface area contributed by atoms with Gasteiger partial charge < -0.3 is 4.74 Å². The predicted molar refractivity (Wildman–Crippen MR) is 90.4 cm³/mol. The topological polar surface area (TPSA) is 93.8 Å². The van der Waals surface area contributed by atoms with Crippen LogP contribution in [0.4, 0.5) is 5.69 Å². The molecule has 0 aromatic heterocycles. The number of amides is 1. The number of carbonyl (C=O) groups is 1. The number of hydrogen-bond acceptors (Lipinski definition) is 5. The normalized spacial score (nSPS) is 11.0. The molecule has 0 atom stereocenters. The smallest absolute Gasteiger partial charge is 0.271 e. The van der Waals surface area contributed by atoms with E-state index in [9.17, 15) is 14.9 Å². The van der Waals surface area contributed by atoms with Gasteiger partial charge in [0.15, 0.2) is 0 Å². The third-order valence-electron chi connectivity index (χ3n) is 3.37. The maximum atomic E-state index is 12.1. The number of nitrogens with zero attached hydrogens (tertiary/aromatic N) is 2. The number of rotatable bonds is 6. The molecular formula is C17H17N3O4. The van der Waals surface area contributed by atoms with Gasteiger partial charge in [-0.05, 0) is 42.3 Å². The molecule has 0 saturated carbocycles. The minimum Gasteiger partial charge on any atom is -0.497 e. The highest BCUT2D eigenvalue weighted by molar-refractivity contribution is 6.02. The zero-order valence-electron chi connectivity index (χ0n) is 13.4. The van der Waals surface area contributed by atoms with E-state index in [1.165, 1.54) is 24.3 Å². The highest BCUT2D eigenvalue weighted by Gasteiger charge is 2.11. The summed E-state index contributed by atoms with van der Waals surface area (Å²) in [5.41, 5.74) is 4.03.